The summed E-state index contributed by atoms with van der Waals surface area (Å²) in [5, 5.41) is 10.3. The first-order valence-electron chi connectivity index (χ1n) is 6.90. The molecule has 1 atom stereocenters. The zero-order chi connectivity index (χ0) is 14.1. The highest BCUT2D eigenvalue weighted by Gasteiger charge is 2.26. The van der Waals surface area contributed by atoms with E-state index in [2.05, 4.69) is 36.2 Å². The minimum Gasteiger partial charge on any atom is -0.506 e. The molecule has 3 rings (SSSR count). The van der Waals surface area contributed by atoms with E-state index < -0.39 is 0 Å². The molecule has 0 saturated carbocycles. The normalized spacial score (nSPS) is 18.8. The van der Waals surface area contributed by atoms with Crippen LogP contribution < -0.4 is 0 Å². The summed E-state index contributed by atoms with van der Waals surface area (Å²) in [6.45, 7) is 1.02. The average Bonchev–Trinajstić information content (AvgIpc) is 2.45. The van der Waals surface area contributed by atoms with Gasteiger partial charge in [0, 0.05) is 12.6 Å². The first kappa shape index (κ1) is 13.5. The lowest BCUT2D eigenvalue weighted by molar-refractivity contribution is 0.229. The van der Waals surface area contributed by atoms with Crippen LogP contribution in [-0.2, 0) is 12.8 Å². The second-order valence-corrected chi connectivity index (χ2v) is 5.85. The first-order chi connectivity index (χ1) is 9.65. The van der Waals surface area contributed by atoms with Gasteiger partial charge in [-0.3, -0.25) is 4.90 Å². The van der Waals surface area contributed by atoms with Gasteiger partial charge >= 0.3 is 0 Å². The van der Waals surface area contributed by atoms with Crippen molar-refractivity contribution in [1.29, 1.82) is 0 Å². The van der Waals surface area contributed by atoms with Crippen LogP contribution in [0.4, 0.5) is 0 Å². The van der Waals surface area contributed by atoms with Crippen LogP contribution >= 0.6 is 11.6 Å². The molecule has 2 aromatic rings. The van der Waals surface area contributed by atoms with Gasteiger partial charge < -0.3 is 5.11 Å². The van der Waals surface area contributed by atoms with Crippen LogP contribution in [0.15, 0.2) is 42.5 Å². The van der Waals surface area contributed by atoms with E-state index in [1.807, 2.05) is 18.2 Å². The number of nitrogens with zero attached hydrogens (tertiary/aromatic N) is 1. The Morgan fingerprint density at radius 2 is 2.00 bits per heavy atom. The van der Waals surface area contributed by atoms with Gasteiger partial charge in [-0.15, -0.1) is 0 Å². The van der Waals surface area contributed by atoms with Crippen molar-refractivity contribution in [2.24, 2.45) is 0 Å². The van der Waals surface area contributed by atoms with Gasteiger partial charge in [0.05, 0.1) is 5.02 Å². The zero-order valence-electron chi connectivity index (χ0n) is 11.5. The Morgan fingerprint density at radius 3 is 2.75 bits per heavy atom. The average molecular weight is 288 g/mol. The Kier molecular flexibility index (Phi) is 3.68. The van der Waals surface area contributed by atoms with E-state index in [1.54, 1.807) is 0 Å². The van der Waals surface area contributed by atoms with E-state index in [9.17, 15) is 5.11 Å². The number of phenols is 1. The Morgan fingerprint density at radius 1 is 1.25 bits per heavy atom. The number of hydrogen-bond donors (Lipinski definition) is 1. The Bertz CT molecular complexity index is 612. The Labute approximate surface area is 124 Å². The fourth-order valence-electron chi connectivity index (χ4n) is 2.94. The van der Waals surface area contributed by atoms with Crippen molar-refractivity contribution in [3.8, 4) is 5.75 Å². The van der Waals surface area contributed by atoms with Crippen LogP contribution in [0, 0.1) is 0 Å². The Hall–Kier alpha value is -1.51. The summed E-state index contributed by atoms with van der Waals surface area (Å²) in [6, 6.07) is 14.5. The largest absolute Gasteiger partial charge is 0.506 e. The molecule has 0 saturated heterocycles. The third-order valence-electron chi connectivity index (χ3n) is 4.11. The van der Waals surface area contributed by atoms with Crippen LogP contribution in [0.25, 0.3) is 0 Å². The molecule has 0 bridgehead atoms. The number of benzene rings is 2. The van der Waals surface area contributed by atoms with E-state index in [-0.39, 0.29) is 5.75 Å². The molecule has 0 unspecified atom stereocenters. The lowest BCUT2D eigenvalue weighted by Crippen LogP contribution is -2.33. The molecule has 0 fully saturated rings. The van der Waals surface area contributed by atoms with E-state index in [4.69, 9.17) is 11.6 Å². The lowest BCUT2D eigenvalue weighted by Gasteiger charge is -2.35. The van der Waals surface area contributed by atoms with Crippen LogP contribution in [0.1, 0.15) is 22.7 Å². The minimum atomic E-state index is 0.179. The highest BCUT2D eigenvalue weighted by Crippen LogP contribution is 2.37. The van der Waals surface area contributed by atoms with Crippen LogP contribution in [-0.4, -0.2) is 23.6 Å². The molecular weight excluding hydrogens is 270 g/mol. The smallest absolute Gasteiger partial charge is 0.134 e. The standard InChI is InChI=1S/C17H18ClNO/c1-19-8-7-13-10-15(18)17(20)11-14(13)16(19)9-12-5-3-2-4-6-12/h2-6,10-11,16,20H,7-9H2,1H3/t16-/m1/s1. The number of phenolic OH excluding ortho intramolecular Hbond substituents is 1. The maximum atomic E-state index is 9.89. The van der Waals surface area contributed by atoms with E-state index >= 15 is 0 Å². The molecule has 0 aromatic heterocycles. The molecular formula is C17H18ClNO. The summed E-state index contributed by atoms with van der Waals surface area (Å²) in [5.74, 6) is 0.179. The Balaban J connectivity index is 1.97. The van der Waals surface area contributed by atoms with Crippen molar-refractivity contribution < 1.29 is 5.11 Å². The minimum absolute atomic E-state index is 0.179. The van der Waals surface area contributed by atoms with Crippen molar-refractivity contribution in [3.63, 3.8) is 0 Å². The maximum absolute atomic E-state index is 9.89. The van der Waals surface area contributed by atoms with E-state index in [0.29, 0.717) is 11.1 Å². The molecule has 1 aliphatic heterocycles. The highest BCUT2D eigenvalue weighted by molar-refractivity contribution is 6.32. The molecule has 1 heterocycles. The third kappa shape index (κ3) is 2.54. The van der Waals surface area contributed by atoms with Crippen molar-refractivity contribution in [1.82, 2.24) is 4.90 Å². The fraction of sp³-hybridized carbons (Fsp3) is 0.294. The SMILES string of the molecule is CN1CCc2cc(Cl)c(O)cc2[C@H]1Cc1ccccc1. The van der Waals surface area contributed by atoms with Gasteiger partial charge in [0.25, 0.3) is 0 Å². The summed E-state index contributed by atoms with van der Waals surface area (Å²) in [6.07, 6.45) is 1.93. The molecule has 3 heteroatoms. The van der Waals surface area contributed by atoms with E-state index in [0.717, 1.165) is 19.4 Å². The summed E-state index contributed by atoms with van der Waals surface area (Å²) in [7, 11) is 2.14. The van der Waals surface area contributed by atoms with Gasteiger partial charge in [0.15, 0.2) is 0 Å². The number of likely N-dealkylation sites (N-methyl/N-ethyl adjacent to an activating group) is 1. The van der Waals surface area contributed by atoms with Crippen molar-refractivity contribution >= 4 is 11.6 Å². The zero-order valence-corrected chi connectivity index (χ0v) is 12.3. The topological polar surface area (TPSA) is 23.5 Å². The summed E-state index contributed by atoms with van der Waals surface area (Å²) in [5.41, 5.74) is 3.77. The fourth-order valence-corrected chi connectivity index (χ4v) is 3.13. The quantitative estimate of drug-likeness (QED) is 0.908. The number of rotatable bonds is 2. The molecule has 0 spiro atoms. The van der Waals surface area contributed by atoms with Gasteiger partial charge in [-0.05, 0) is 48.7 Å². The lowest BCUT2D eigenvalue weighted by atomic mass is 9.89. The summed E-state index contributed by atoms with van der Waals surface area (Å²) in [4.78, 5) is 2.35. The van der Waals surface area contributed by atoms with Gasteiger partial charge in [0.2, 0.25) is 0 Å². The molecule has 1 N–H and O–H groups in total. The number of hydrogen-bond acceptors (Lipinski definition) is 2. The van der Waals surface area contributed by atoms with Crippen LogP contribution in [0.2, 0.25) is 5.02 Å². The highest BCUT2D eigenvalue weighted by atomic mass is 35.5. The number of aromatic hydroxyl groups is 1. The van der Waals surface area contributed by atoms with Gasteiger partial charge in [0.1, 0.15) is 5.75 Å². The van der Waals surface area contributed by atoms with Crippen molar-refractivity contribution in [2.75, 3.05) is 13.6 Å². The molecule has 104 valence electrons. The second kappa shape index (κ2) is 5.47. The third-order valence-corrected chi connectivity index (χ3v) is 4.41. The van der Waals surface area contributed by atoms with Crippen LogP contribution in [0.5, 0.6) is 5.75 Å². The van der Waals surface area contributed by atoms with Crippen molar-refractivity contribution in [3.05, 3.63) is 64.2 Å². The van der Waals surface area contributed by atoms with Gasteiger partial charge in [-0.1, -0.05) is 41.9 Å². The number of halogens is 1. The molecule has 1 aliphatic rings. The molecule has 0 aliphatic carbocycles. The molecule has 2 aromatic carbocycles. The van der Waals surface area contributed by atoms with Gasteiger partial charge in [-0.25, -0.2) is 0 Å². The molecule has 0 amide bonds. The number of fused-ring (bicyclic) bond motifs is 1. The second-order valence-electron chi connectivity index (χ2n) is 5.44. The predicted octanol–water partition coefficient (Wildman–Crippen LogP) is 3.82. The predicted molar refractivity (Wildman–Crippen MR) is 82.3 cm³/mol. The summed E-state index contributed by atoms with van der Waals surface area (Å²) >= 11 is 6.03. The summed E-state index contributed by atoms with van der Waals surface area (Å²) < 4.78 is 0. The van der Waals surface area contributed by atoms with Crippen molar-refractivity contribution in [2.45, 2.75) is 18.9 Å². The van der Waals surface area contributed by atoms with E-state index in [1.165, 1.54) is 16.7 Å². The maximum Gasteiger partial charge on any atom is 0.134 e. The first-order valence-corrected chi connectivity index (χ1v) is 7.28. The van der Waals surface area contributed by atoms with Crippen LogP contribution in [0.3, 0.4) is 0 Å². The monoisotopic (exact) mass is 287 g/mol. The molecule has 0 radical (unpaired) electrons. The molecule has 2 nitrogen and oxygen atoms in total. The molecule has 20 heavy (non-hydrogen) atoms. The van der Waals surface area contributed by atoms with Gasteiger partial charge in [-0.2, -0.15) is 0 Å².